The highest BCUT2D eigenvalue weighted by molar-refractivity contribution is 6.09. The maximum atomic E-state index is 13.4. The third-order valence-corrected chi connectivity index (χ3v) is 4.89. The van der Waals surface area contributed by atoms with Crippen LogP contribution in [-0.2, 0) is 9.53 Å². The quantitative estimate of drug-likeness (QED) is 0.783. The van der Waals surface area contributed by atoms with E-state index in [0.717, 1.165) is 6.07 Å². The molecule has 2 aromatic rings. The van der Waals surface area contributed by atoms with Crippen molar-refractivity contribution in [2.45, 2.75) is 19.8 Å². The molecule has 0 saturated carbocycles. The van der Waals surface area contributed by atoms with E-state index < -0.39 is 11.7 Å². The van der Waals surface area contributed by atoms with Gasteiger partial charge < -0.3 is 15.0 Å². The van der Waals surface area contributed by atoms with Crippen LogP contribution in [0.1, 0.15) is 40.5 Å². The highest BCUT2D eigenvalue weighted by atomic mass is 19.1. The van der Waals surface area contributed by atoms with Gasteiger partial charge in [0.1, 0.15) is 5.82 Å². The summed E-state index contributed by atoms with van der Waals surface area (Å²) >= 11 is 0. The third kappa shape index (κ3) is 4.99. The number of benzene rings is 2. The zero-order valence-corrected chi connectivity index (χ0v) is 16.2. The number of nitrogens with zero attached hydrogens (tertiary/aromatic N) is 1. The Morgan fingerprint density at radius 3 is 2.52 bits per heavy atom. The molecule has 152 valence electrons. The van der Waals surface area contributed by atoms with Crippen molar-refractivity contribution in [1.29, 1.82) is 0 Å². The molecule has 29 heavy (non-hydrogen) atoms. The van der Waals surface area contributed by atoms with Crippen molar-refractivity contribution >= 4 is 23.5 Å². The Kier molecular flexibility index (Phi) is 6.59. The summed E-state index contributed by atoms with van der Waals surface area (Å²) in [5.41, 5.74) is 0.883. The Labute approximate surface area is 168 Å². The predicted molar refractivity (Wildman–Crippen MR) is 106 cm³/mol. The number of carbonyl (C=O) groups is 3. The Balaban J connectivity index is 1.69. The van der Waals surface area contributed by atoms with E-state index in [0.29, 0.717) is 43.8 Å². The first-order valence-corrected chi connectivity index (χ1v) is 9.61. The fraction of sp³-hybridized carbons (Fsp3) is 0.318. The molecule has 0 radical (unpaired) electrons. The van der Waals surface area contributed by atoms with Crippen LogP contribution in [0, 0.1) is 11.7 Å². The fourth-order valence-corrected chi connectivity index (χ4v) is 3.35. The van der Waals surface area contributed by atoms with Crippen LogP contribution in [0.5, 0.6) is 0 Å². The van der Waals surface area contributed by atoms with Crippen molar-refractivity contribution in [2.75, 3.05) is 25.0 Å². The van der Waals surface area contributed by atoms with Crippen LogP contribution in [0.4, 0.5) is 10.1 Å². The van der Waals surface area contributed by atoms with Crippen LogP contribution in [-0.4, -0.2) is 42.4 Å². The number of halogens is 1. The van der Waals surface area contributed by atoms with Gasteiger partial charge in [-0.3, -0.25) is 14.4 Å². The van der Waals surface area contributed by atoms with Crippen LogP contribution in [0.3, 0.4) is 0 Å². The predicted octanol–water partition coefficient (Wildman–Crippen LogP) is 3.49. The average molecular weight is 398 g/mol. The Hall–Kier alpha value is -3.22. The number of para-hydroxylation sites is 1. The van der Waals surface area contributed by atoms with Crippen molar-refractivity contribution in [3.8, 4) is 0 Å². The van der Waals surface area contributed by atoms with Gasteiger partial charge in [-0.15, -0.1) is 0 Å². The molecule has 1 fully saturated rings. The molecule has 1 aliphatic heterocycles. The summed E-state index contributed by atoms with van der Waals surface area (Å²) < 4.78 is 18.4. The summed E-state index contributed by atoms with van der Waals surface area (Å²) in [6, 6.07) is 12.1. The van der Waals surface area contributed by atoms with Gasteiger partial charge in [-0.05, 0) is 50.1 Å². The number of piperidine rings is 1. The van der Waals surface area contributed by atoms with E-state index in [1.807, 2.05) is 0 Å². The topological polar surface area (TPSA) is 75.7 Å². The minimum absolute atomic E-state index is 0.169. The lowest BCUT2D eigenvalue weighted by molar-refractivity contribution is -0.149. The maximum absolute atomic E-state index is 13.4. The van der Waals surface area contributed by atoms with Gasteiger partial charge in [0.15, 0.2) is 0 Å². The Bertz CT molecular complexity index is 907. The lowest BCUT2D eigenvalue weighted by atomic mass is 9.96. The normalized spacial score (nSPS) is 14.3. The fourth-order valence-electron chi connectivity index (χ4n) is 3.35. The molecule has 0 unspecified atom stereocenters. The van der Waals surface area contributed by atoms with E-state index in [9.17, 15) is 18.8 Å². The van der Waals surface area contributed by atoms with Crippen molar-refractivity contribution in [2.24, 2.45) is 5.92 Å². The molecule has 0 aliphatic carbocycles. The van der Waals surface area contributed by atoms with Crippen molar-refractivity contribution in [3.05, 3.63) is 65.5 Å². The first-order chi connectivity index (χ1) is 14.0. The Morgan fingerprint density at radius 2 is 1.83 bits per heavy atom. The molecule has 1 aliphatic rings. The molecule has 0 spiro atoms. The molecular weight excluding hydrogens is 375 g/mol. The second kappa shape index (κ2) is 9.32. The summed E-state index contributed by atoms with van der Waals surface area (Å²) in [5.74, 6) is -1.64. The molecule has 0 aromatic heterocycles. The minimum Gasteiger partial charge on any atom is -0.466 e. The minimum atomic E-state index is -0.508. The van der Waals surface area contributed by atoms with E-state index in [1.165, 1.54) is 18.2 Å². The summed E-state index contributed by atoms with van der Waals surface area (Å²) in [4.78, 5) is 39.0. The van der Waals surface area contributed by atoms with Gasteiger partial charge in [-0.2, -0.15) is 0 Å². The van der Waals surface area contributed by atoms with Crippen LogP contribution >= 0.6 is 0 Å². The van der Waals surface area contributed by atoms with Crippen molar-refractivity contribution in [3.63, 3.8) is 0 Å². The highest BCUT2D eigenvalue weighted by Gasteiger charge is 2.29. The second-order valence-corrected chi connectivity index (χ2v) is 6.83. The number of ether oxygens (including phenoxy) is 1. The van der Waals surface area contributed by atoms with Crippen LogP contribution < -0.4 is 5.32 Å². The number of amides is 2. The summed E-state index contributed by atoms with van der Waals surface area (Å²) in [6.07, 6.45) is 1.09. The van der Waals surface area contributed by atoms with Crippen molar-refractivity contribution < 1.29 is 23.5 Å². The van der Waals surface area contributed by atoms with Crippen LogP contribution in [0.25, 0.3) is 0 Å². The average Bonchev–Trinajstić information content (AvgIpc) is 2.74. The van der Waals surface area contributed by atoms with Gasteiger partial charge in [0, 0.05) is 18.7 Å². The third-order valence-electron chi connectivity index (χ3n) is 4.89. The lowest BCUT2D eigenvalue weighted by Gasteiger charge is -2.31. The zero-order chi connectivity index (χ0) is 20.8. The van der Waals surface area contributed by atoms with E-state index in [2.05, 4.69) is 5.32 Å². The molecule has 1 heterocycles. The zero-order valence-electron chi connectivity index (χ0n) is 16.2. The maximum Gasteiger partial charge on any atom is 0.309 e. The molecule has 3 rings (SSSR count). The summed E-state index contributed by atoms with van der Waals surface area (Å²) in [6.45, 7) is 2.99. The van der Waals surface area contributed by atoms with Gasteiger partial charge in [0.05, 0.1) is 23.8 Å². The number of likely N-dealkylation sites (tertiary alicyclic amines) is 1. The van der Waals surface area contributed by atoms with E-state index >= 15 is 0 Å². The second-order valence-electron chi connectivity index (χ2n) is 6.83. The number of nitrogens with one attached hydrogen (secondary N) is 1. The smallest absolute Gasteiger partial charge is 0.309 e. The van der Waals surface area contributed by atoms with E-state index in [-0.39, 0.29) is 23.4 Å². The first kappa shape index (κ1) is 20.5. The summed E-state index contributed by atoms with van der Waals surface area (Å²) in [5, 5.41) is 2.69. The Morgan fingerprint density at radius 1 is 1.10 bits per heavy atom. The summed E-state index contributed by atoms with van der Waals surface area (Å²) in [7, 11) is 0. The van der Waals surface area contributed by atoms with Gasteiger partial charge in [0.2, 0.25) is 0 Å². The molecule has 1 N–H and O–H groups in total. The highest BCUT2D eigenvalue weighted by Crippen LogP contribution is 2.24. The first-order valence-electron chi connectivity index (χ1n) is 9.61. The molecule has 0 atom stereocenters. The van der Waals surface area contributed by atoms with Gasteiger partial charge in [-0.1, -0.05) is 18.2 Å². The van der Waals surface area contributed by atoms with Crippen LogP contribution in [0.2, 0.25) is 0 Å². The number of anilines is 1. The standard InChI is InChI=1S/C22H23FN2O4/c1-2-29-22(28)15-10-12-25(13-11-15)21(27)18-8-3-4-9-19(18)24-20(26)16-6-5-7-17(23)14-16/h3-9,14-15H,2,10-13H2,1H3,(H,24,26). The number of hydrogen-bond donors (Lipinski definition) is 1. The molecule has 6 nitrogen and oxygen atoms in total. The number of carbonyl (C=O) groups excluding carboxylic acids is 3. The number of esters is 1. The number of hydrogen-bond acceptors (Lipinski definition) is 4. The van der Waals surface area contributed by atoms with Crippen molar-refractivity contribution in [1.82, 2.24) is 4.90 Å². The monoisotopic (exact) mass is 398 g/mol. The van der Waals surface area contributed by atoms with E-state index in [1.54, 1.807) is 36.1 Å². The van der Waals surface area contributed by atoms with E-state index in [4.69, 9.17) is 4.74 Å². The molecule has 2 aromatic carbocycles. The largest absolute Gasteiger partial charge is 0.466 e. The molecule has 1 saturated heterocycles. The number of rotatable bonds is 5. The van der Waals surface area contributed by atoms with Gasteiger partial charge in [0.25, 0.3) is 11.8 Å². The molecular formula is C22H23FN2O4. The van der Waals surface area contributed by atoms with Gasteiger partial charge >= 0.3 is 5.97 Å². The lowest BCUT2D eigenvalue weighted by Crippen LogP contribution is -2.41. The molecule has 2 amide bonds. The molecule has 7 heteroatoms. The SMILES string of the molecule is CCOC(=O)C1CCN(C(=O)c2ccccc2NC(=O)c2cccc(F)c2)CC1. The van der Waals surface area contributed by atoms with Crippen LogP contribution in [0.15, 0.2) is 48.5 Å². The van der Waals surface area contributed by atoms with Gasteiger partial charge in [-0.25, -0.2) is 4.39 Å². The molecule has 0 bridgehead atoms.